The molecule has 0 aliphatic rings. The van der Waals surface area contributed by atoms with E-state index < -0.39 is 7.12 Å². The van der Waals surface area contributed by atoms with Gasteiger partial charge in [-0.2, -0.15) is 0 Å². The lowest BCUT2D eigenvalue weighted by atomic mass is 9.80. The summed E-state index contributed by atoms with van der Waals surface area (Å²) in [6, 6.07) is 5.19. The molecule has 2 N–H and O–H groups in total. The predicted molar refractivity (Wildman–Crippen MR) is 55.3 cm³/mol. The van der Waals surface area contributed by atoms with E-state index in [-0.39, 0.29) is 0 Å². The summed E-state index contributed by atoms with van der Waals surface area (Å²) in [5, 5.41) is 18.0. The maximum atomic E-state index is 9.01. The lowest BCUT2D eigenvalue weighted by Crippen LogP contribution is -2.29. The molecular formula is C9H11BN2O2. The molecule has 0 bridgehead atoms. The zero-order chi connectivity index (χ0) is 10.3. The summed E-state index contributed by atoms with van der Waals surface area (Å²) in [5.41, 5.74) is 2.27. The van der Waals surface area contributed by atoms with E-state index in [1.807, 2.05) is 18.5 Å². The maximum absolute atomic E-state index is 9.01. The first-order valence-electron chi connectivity index (χ1n) is 4.38. The average Bonchev–Trinajstić information content (AvgIpc) is 2.43. The highest BCUT2D eigenvalue weighted by atomic mass is 16.4. The van der Waals surface area contributed by atoms with Gasteiger partial charge in [0, 0.05) is 7.05 Å². The monoisotopic (exact) mass is 190 g/mol. The van der Waals surface area contributed by atoms with Gasteiger partial charge in [-0.15, -0.1) is 0 Å². The topological polar surface area (TPSA) is 58.3 Å². The van der Waals surface area contributed by atoms with E-state index in [9.17, 15) is 0 Å². The lowest BCUT2D eigenvalue weighted by molar-refractivity contribution is 0.426. The normalized spacial score (nSPS) is 10.9. The molecule has 72 valence electrons. The van der Waals surface area contributed by atoms with Crippen LogP contribution in [0.2, 0.25) is 0 Å². The fourth-order valence-corrected chi connectivity index (χ4v) is 1.49. The highest BCUT2D eigenvalue weighted by molar-refractivity contribution is 6.58. The van der Waals surface area contributed by atoms with Gasteiger partial charge in [0.15, 0.2) is 0 Å². The van der Waals surface area contributed by atoms with Crippen LogP contribution in [0.1, 0.15) is 5.82 Å². The second kappa shape index (κ2) is 3.11. The molecule has 2 aromatic rings. The molecule has 2 rings (SSSR count). The van der Waals surface area contributed by atoms with Crippen LogP contribution in [0.4, 0.5) is 0 Å². The quantitative estimate of drug-likeness (QED) is 0.599. The Morgan fingerprint density at radius 2 is 2.07 bits per heavy atom. The van der Waals surface area contributed by atoms with Gasteiger partial charge in [-0.05, 0) is 24.5 Å². The number of aryl methyl sites for hydroxylation is 2. The molecule has 1 aromatic carbocycles. The van der Waals surface area contributed by atoms with E-state index in [4.69, 9.17) is 10.0 Å². The number of benzene rings is 1. The minimum Gasteiger partial charge on any atom is -0.423 e. The Hall–Kier alpha value is -1.33. The first-order valence-corrected chi connectivity index (χ1v) is 4.38. The Labute approximate surface area is 82.0 Å². The van der Waals surface area contributed by atoms with E-state index in [0.29, 0.717) is 5.46 Å². The Morgan fingerprint density at radius 3 is 2.71 bits per heavy atom. The van der Waals surface area contributed by atoms with Gasteiger partial charge in [0.25, 0.3) is 0 Å². The zero-order valence-electron chi connectivity index (χ0n) is 8.10. The number of fused-ring (bicyclic) bond motifs is 1. The van der Waals surface area contributed by atoms with Crippen molar-refractivity contribution in [3.05, 3.63) is 24.0 Å². The van der Waals surface area contributed by atoms with Crippen LogP contribution < -0.4 is 5.46 Å². The molecule has 0 spiro atoms. The van der Waals surface area contributed by atoms with E-state index >= 15 is 0 Å². The van der Waals surface area contributed by atoms with Gasteiger partial charge in [0.05, 0.1) is 11.0 Å². The second-order valence-electron chi connectivity index (χ2n) is 3.34. The zero-order valence-corrected chi connectivity index (χ0v) is 8.10. The highest BCUT2D eigenvalue weighted by Crippen LogP contribution is 2.12. The lowest BCUT2D eigenvalue weighted by Gasteiger charge is -2.00. The van der Waals surface area contributed by atoms with Crippen LogP contribution in [-0.2, 0) is 7.05 Å². The highest BCUT2D eigenvalue weighted by Gasteiger charge is 2.13. The van der Waals surface area contributed by atoms with Gasteiger partial charge < -0.3 is 14.6 Å². The molecule has 5 heteroatoms. The van der Waals surface area contributed by atoms with Crippen molar-refractivity contribution in [3.8, 4) is 0 Å². The Morgan fingerprint density at radius 1 is 1.36 bits per heavy atom. The Bertz CT molecular complexity index is 479. The first kappa shape index (κ1) is 9.24. The Kier molecular flexibility index (Phi) is 2.05. The molecule has 4 nitrogen and oxygen atoms in total. The second-order valence-corrected chi connectivity index (χ2v) is 3.34. The summed E-state index contributed by atoms with van der Waals surface area (Å²) < 4.78 is 1.92. The molecule has 0 saturated carbocycles. The predicted octanol–water partition coefficient (Wildman–Crippen LogP) is -0.438. The van der Waals surface area contributed by atoms with Crippen LogP contribution in [-0.4, -0.2) is 26.7 Å². The van der Waals surface area contributed by atoms with Crippen LogP contribution in [0, 0.1) is 6.92 Å². The summed E-state index contributed by atoms with van der Waals surface area (Å²) in [4.78, 5) is 4.31. The van der Waals surface area contributed by atoms with Crippen LogP contribution in [0.25, 0.3) is 11.0 Å². The molecule has 0 aliphatic heterocycles. The third-order valence-corrected chi connectivity index (χ3v) is 2.43. The van der Waals surface area contributed by atoms with Crippen molar-refractivity contribution in [1.29, 1.82) is 0 Å². The van der Waals surface area contributed by atoms with Crippen molar-refractivity contribution in [2.75, 3.05) is 0 Å². The fraction of sp³-hybridized carbons (Fsp3) is 0.222. The van der Waals surface area contributed by atoms with E-state index in [2.05, 4.69) is 4.98 Å². The third kappa shape index (κ3) is 1.30. The minimum absolute atomic E-state index is 0.487. The van der Waals surface area contributed by atoms with Gasteiger partial charge >= 0.3 is 7.12 Å². The van der Waals surface area contributed by atoms with Crippen LogP contribution in [0.15, 0.2) is 18.2 Å². The summed E-state index contributed by atoms with van der Waals surface area (Å²) in [6.45, 7) is 1.91. The van der Waals surface area contributed by atoms with Crippen LogP contribution >= 0.6 is 0 Å². The van der Waals surface area contributed by atoms with E-state index in [1.54, 1.807) is 18.2 Å². The van der Waals surface area contributed by atoms with Gasteiger partial charge in [-0.3, -0.25) is 0 Å². The molecule has 0 saturated heterocycles. The summed E-state index contributed by atoms with van der Waals surface area (Å²) in [5.74, 6) is 0.907. The minimum atomic E-state index is -1.42. The molecular weight excluding hydrogens is 179 g/mol. The SMILES string of the molecule is Cc1nc2ccc(B(O)O)cc2n1C. The third-order valence-electron chi connectivity index (χ3n) is 2.43. The molecule has 14 heavy (non-hydrogen) atoms. The van der Waals surface area contributed by atoms with E-state index in [1.165, 1.54) is 0 Å². The van der Waals surface area contributed by atoms with Crippen molar-refractivity contribution >= 4 is 23.6 Å². The van der Waals surface area contributed by atoms with Crippen molar-refractivity contribution in [3.63, 3.8) is 0 Å². The fourth-order valence-electron chi connectivity index (χ4n) is 1.49. The number of nitrogens with zero attached hydrogens (tertiary/aromatic N) is 2. The molecule has 0 fully saturated rings. The molecule has 0 amide bonds. The van der Waals surface area contributed by atoms with E-state index in [0.717, 1.165) is 16.9 Å². The smallest absolute Gasteiger partial charge is 0.423 e. The Balaban J connectivity index is 2.69. The van der Waals surface area contributed by atoms with Crippen LogP contribution in [0.5, 0.6) is 0 Å². The van der Waals surface area contributed by atoms with Gasteiger partial charge in [0.1, 0.15) is 5.82 Å². The van der Waals surface area contributed by atoms with Crippen LogP contribution in [0.3, 0.4) is 0 Å². The van der Waals surface area contributed by atoms with Crippen molar-refractivity contribution in [2.24, 2.45) is 7.05 Å². The number of aromatic nitrogens is 2. The largest absolute Gasteiger partial charge is 0.488 e. The average molecular weight is 190 g/mol. The van der Waals surface area contributed by atoms with Gasteiger partial charge in [-0.1, -0.05) is 6.07 Å². The number of hydrogen-bond acceptors (Lipinski definition) is 3. The van der Waals surface area contributed by atoms with Gasteiger partial charge in [0.2, 0.25) is 0 Å². The molecule has 0 radical (unpaired) electrons. The van der Waals surface area contributed by atoms with Crippen molar-refractivity contribution < 1.29 is 10.0 Å². The summed E-state index contributed by atoms with van der Waals surface area (Å²) >= 11 is 0. The first-order chi connectivity index (χ1) is 6.59. The van der Waals surface area contributed by atoms with Crippen molar-refractivity contribution in [1.82, 2.24) is 9.55 Å². The molecule has 0 aliphatic carbocycles. The number of imidazole rings is 1. The van der Waals surface area contributed by atoms with Crippen molar-refractivity contribution in [2.45, 2.75) is 6.92 Å². The summed E-state index contributed by atoms with van der Waals surface area (Å²) in [6.07, 6.45) is 0. The molecule has 0 atom stereocenters. The molecule has 1 heterocycles. The maximum Gasteiger partial charge on any atom is 0.488 e. The standard InChI is InChI=1S/C9H11BN2O2/c1-6-11-8-4-3-7(10(13)14)5-9(8)12(6)2/h3-5,13-14H,1-2H3. The molecule has 0 unspecified atom stereocenters. The number of rotatable bonds is 1. The molecule has 1 aromatic heterocycles. The summed E-state index contributed by atoms with van der Waals surface area (Å²) in [7, 11) is 0.479. The van der Waals surface area contributed by atoms with Gasteiger partial charge in [-0.25, -0.2) is 4.98 Å². The number of hydrogen-bond donors (Lipinski definition) is 2.